The maximum absolute atomic E-state index is 10.6. The molecule has 0 bridgehead atoms. The highest BCUT2D eigenvalue weighted by atomic mass is 19.4. The van der Waals surface area contributed by atoms with Gasteiger partial charge in [-0.05, 0) is 12.8 Å². The van der Waals surface area contributed by atoms with Crippen LogP contribution in [0.5, 0.6) is 0 Å². The van der Waals surface area contributed by atoms with Crippen LogP contribution in [0, 0.1) is 17.2 Å². The molecule has 0 spiro atoms. The van der Waals surface area contributed by atoms with Gasteiger partial charge in [-0.2, -0.15) is 18.4 Å². The predicted molar refractivity (Wildman–Crippen MR) is 44.6 cm³/mol. The number of carboxylic acids is 1. The third-order valence-corrected chi connectivity index (χ3v) is 1.98. The summed E-state index contributed by atoms with van der Waals surface area (Å²) in [7, 11) is 0. The van der Waals surface area contributed by atoms with Crippen LogP contribution in [0.4, 0.5) is 13.2 Å². The predicted octanol–water partition coefficient (Wildman–Crippen LogP) is 1.27. The lowest BCUT2D eigenvalue weighted by atomic mass is 10.1. The number of hydrogen-bond acceptors (Lipinski definition) is 3. The van der Waals surface area contributed by atoms with Crippen molar-refractivity contribution in [2.24, 2.45) is 11.7 Å². The Morgan fingerprint density at radius 1 is 1.47 bits per heavy atom. The average molecular weight is 224 g/mol. The largest absolute Gasteiger partial charge is 0.490 e. The lowest BCUT2D eigenvalue weighted by molar-refractivity contribution is -0.192. The monoisotopic (exact) mass is 224 g/mol. The fraction of sp³-hybridized carbons (Fsp3) is 0.750. The van der Waals surface area contributed by atoms with Gasteiger partial charge in [0.15, 0.2) is 0 Å². The van der Waals surface area contributed by atoms with E-state index in [4.69, 9.17) is 20.9 Å². The molecule has 15 heavy (non-hydrogen) atoms. The molecule has 0 aliphatic heterocycles. The van der Waals surface area contributed by atoms with E-state index in [2.05, 4.69) is 6.07 Å². The Bertz CT molecular complexity index is 260. The van der Waals surface area contributed by atoms with E-state index in [0.717, 1.165) is 19.3 Å². The van der Waals surface area contributed by atoms with Crippen molar-refractivity contribution in [3.05, 3.63) is 0 Å². The number of aliphatic carboxylic acids is 1. The molecule has 0 amide bonds. The fourth-order valence-electron chi connectivity index (χ4n) is 1.15. The molecular formula is C8H11F3N2O2. The van der Waals surface area contributed by atoms with E-state index < -0.39 is 12.1 Å². The molecule has 2 atom stereocenters. The maximum Gasteiger partial charge on any atom is 0.490 e. The number of nitrogens with two attached hydrogens (primary N) is 1. The van der Waals surface area contributed by atoms with Gasteiger partial charge in [0.05, 0.1) is 12.0 Å². The molecular weight excluding hydrogens is 213 g/mol. The minimum Gasteiger partial charge on any atom is -0.475 e. The summed E-state index contributed by atoms with van der Waals surface area (Å²) in [4.78, 5) is 8.90. The highest BCUT2D eigenvalue weighted by molar-refractivity contribution is 5.73. The smallest absolute Gasteiger partial charge is 0.475 e. The lowest BCUT2D eigenvalue weighted by Crippen LogP contribution is -2.22. The van der Waals surface area contributed by atoms with Crippen LogP contribution >= 0.6 is 0 Å². The first-order valence-corrected chi connectivity index (χ1v) is 4.24. The minimum atomic E-state index is -5.08. The van der Waals surface area contributed by atoms with E-state index in [9.17, 15) is 13.2 Å². The molecule has 4 nitrogen and oxygen atoms in total. The second-order valence-corrected chi connectivity index (χ2v) is 3.13. The van der Waals surface area contributed by atoms with E-state index in [1.54, 1.807) is 0 Å². The third kappa shape index (κ3) is 5.22. The van der Waals surface area contributed by atoms with Crippen molar-refractivity contribution >= 4 is 5.97 Å². The van der Waals surface area contributed by atoms with Crippen LogP contribution in [0.15, 0.2) is 0 Å². The minimum absolute atomic E-state index is 0.148. The number of hydrogen-bond donors (Lipinski definition) is 2. The average Bonchev–Trinajstić information content (AvgIpc) is 2.50. The van der Waals surface area contributed by atoms with Gasteiger partial charge in [-0.25, -0.2) is 4.79 Å². The summed E-state index contributed by atoms with van der Waals surface area (Å²) in [5, 5.41) is 15.5. The van der Waals surface area contributed by atoms with Crippen molar-refractivity contribution in [3.63, 3.8) is 0 Å². The van der Waals surface area contributed by atoms with Gasteiger partial charge in [-0.15, -0.1) is 0 Å². The van der Waals surface area contributed by atoms with Crippen molar-refractivity contribution in [1.29, 1.82) is 5.26 Å². The maximum atomic E-state index is 10.6. The molecule has 86 valence electrons. The van der Waals surface area contributed by atoms with Crippen LogP contribution in [0.3, 0.4) is 0 Å². The molecule has 0 radical (unpaired) electrons. The molecule has 0 heterocycles. The number of carboxylic acid groups (broad SMARTS) is 1. The second kappa shape index (κ2) is 5.56. The molecule has 0 aromatic rings. The summed E-state index contributed by atoms with van der Waals surface area (Å²) >= 11 is 0. The Morgan fingerprint density at radius 3 is 2.07 bits per heavy atom. The molecule has 3 N–H and O–H groups in total. The lowest BCUT2D eigenvalue weighted by Gasteiger charge is -2.02. The van der Waals surface area contributed by atoms with Crippen LogP contribution in [-0.2, 0) is 4.79 Å². The molecule has 0 unspecified atom stereocenters. The first kappa shape index (κ1) is 13.7. The van der Waals surface area contributed by atoms with E-state index in [0.29, 0.717) is 0 Å². The third-order valence-electron chi connectivity index (χ3n) is 1.98. The first-order chi connectivity index (χ1) is 6.79. The van der Waals surface area contributed by atoms with Crippen LogP contribution < -0.4 is 5.73 Å². The van der Waals surface area contributed by atoms with E-state index in [1.807, 2.05) is 0 Å². The van der Waals surface area contributed by atoms with Gasteiger partial charge >= 0.3 is 12.1 Å². The molecule has 1 saturated carbocycles. The summed E-state index contributed by atoms with van der Waals surface area (Å²) in [6, 6.07) is 2.36. The van der Waals surface area contributed by atoms with Gasteiger partial charge in [0.2, 0.25) is 0 Å². The molecule has 1 rings (SSSR count). The molecule has 7 heteroatoms. The summed E-state index contributed by atoms with van der Waals surface area (Å²) < 4.78 is 31.7. The topological polar surface area (TPSA) is 87.1 Å². The fourth-order valence-corrected chi connectivity index (χ4v) is 1.15. The molecule has 0 saturated heterocycles. The Morgan fingerprint density at radius 2 is 1.93 bits per heavy atom. The Hall–Kier alpha value is -1.29. The zero-order valence-electron chi connectivity index (χ0n) is 7.79. The van der Waals surface area contributed by atoms with Crippen LogP contribution in [0.2, 0.25) is 0 Å². The zero-order chi connectivity index (χ0) is 12.1. The van der Waals surface area contributed by atoms with Crippen LogP contribution in [0.25, 0.3) is 0 Å². The van der Waals surface area contributed by atoms with Crippen molar-refractivity contribution in [2.45, 2.75) is 31.5 Å². The van der Waals surface area contributed by atoms with E-state index in [-0.39, 0.29) is 12.0 Å². The molecule has 0 aromatic carbocycles. The molecule has 1 fully saturated rings. The SMILES string of the molecule is N#C[C@H]1CCC[C@H]1N.O=C(O)C(F)(F)F. The Kier molecular flexibility index (Phi) is 5.08. The number of halogens is 3. The van der Waals surface area contributed by atoms with Crippen molar-refractivity contribution in [2.75, 3.05) is 0 Å². The number of nitriles is 1. The van der Waals surface area contributed by atoms with Crippen molar-refractivity contribution in [3.8, 4) is 6.07 Å². The standard InChI is InChI=1S/C6H10N2.C2HF3O2/c7-4-5-2-1-3-6(5)8;3-2(4,5)1(6)7/h5-6H,1-3,8H2;(H,6,7)/t5-,6-;/m1./s1. The Labute approximate surface area is 84.5 Å². The van der Waals surface area contributed by atoms with Crippen LogP contribution in [-0.4, -0.2) is 23.3 Å². The zero-order valence-corrected chi connectivity index (χ0v) is 7.79. The van der Waals surface area contributed by atoms with Gasteiger partial charge in [0, 0.05) is 6.04 Å². The van der Waals surface area contributed by atoms with Crippen molar-refractivity contribution in [1.82, 2.24) is 0 Å². The summed E-state index contributed by atoms with van der Waals surface area (Å²) in [5.41, 5.74) is 5.57. The molecule has 1 aliphatic carbocycles. The van der Waals surface area contributed by atoms with Gasteiger partial charge in [-0.3, -0.25) is 0 Å². The van der Waals surface area contributed by atoms with Gasteiger partial charge < -0.3 is 10.8 Å². The summed E-state index contributed by atoms with van der Waals surface area (Å²) in [6.45, 7) is 0. The number of carbonyl (C=O) groups is 1. The van der Waals surface area contributed by atoms with Gasteiger partial charge in [0.25, 0.3) is 0 Å². The number of nitrogens with zero attached hydrogens (tertiary/aromatic N) is 1. The summed E-state index contributed by atoms with van der Waals surface area (Å²) in [5.74, 6) is -2.61. The second-order valence-electron chi connectivity index (χ2n) is 3.13. The van der Waals surface area contributed by atoms with Gasteiger partial charge in [0.1, 0.15) is 0 Å². The van der Waals surface area contributed by atoms with Gasteiger partial charge in [-0.1, -0.05) is 6.42 Å². The first-order valence-electron chi connectivity index (χ1n) is 4.24. The van der Waals surface area contributed by atoms with Crippen LogP contribution in [0.1, 0.15) is 19.3 Å². The summed E-state index contributed by atoms with van der Waals surface area (Å²) in [6.07, 6.45) is -1.89. The van der Waals surface area contributed by atoms with E-state index in [1.165, 1.54) is 0 Å². The number of alkyl halides is 3. The van der Waals surface area contributed by atoms with E-state index >= 15 is 0 Å². The molecule has 0 aromatic heterocycles. The highest BCUT2D eigenvalue weighted by Crippen LogP contribution is 2.22. The highest BCUT2D eigenvalue weighted by Gasteiger charge is 2.38. The molecule has 1 aliphatic rings. The Balaban J connectivity index is 0.000000265. The number of rotatable bonds is 0. The quantitative estimate of drug-likeness (QED) is 0.648. The normalized spacial score (nSPS) is 25.0. The van der Waals surface area contributed by atoms with Crippen molar-refractivity contribution < 1.29 is 23.1 Å².